The van der Waals surface area contributed by atoms with Crippen molar-refractivity contribution in [1.29, 1.82) is 0 Å². The first kappa shape index (κ1) is 17.2. The predicted molar refractivity (Wildman–Crippen MR) is 104 cm³/mol. The summed E-state index contributed by atoms with van der Waals surface area (Å²) in [5.41, 5.74) is 9.39. The molecule has 1 aliphatic heterocycles. The first-order valence-electron chi connectivity index (χ1n) is 8.86. The number of hydrogen-bond acceptors (Lipinski definition) is 6. The van der Waals surface area contributed by atoms with Gasteiger partial charge in [-0.1, -0.05) is 35.9 Å². The lowest BCUT2D eigenvalue weighted by Crippen LogP contribution is -2.28. The van der Waals surface area contributed by atoms with E-state index in [9.17, 15) is 0 Å². The smallest absolute Gasteiger partial charge is 0.241 e. The van der Waals surface area contributed by atoms with E-state index in [-0.39, 0.29) is 18.0 Å². The summed E-state index contributed by atoms with van der Waals surface area (Å²) in [5, 5.41) is 7.86. The maximum absolute atomic E-state index is 5.88. The van der Waals surface area contributed by atoms with Crippen LogP contribution in [0.4, 0.5) is 11.9 Å². The predicted octanol–water partition coefficient (Wildman–Crippen LogP) is 3.33. The standard InChI is InChI=1S/C20H23N5O2/c1-12-4-6-13(7-5-12)15-11-16(25-20(22-15)23-19(21)24-25)14-8-9-17(26-2)18(10-14)27-3/h4-10,15-16H,11H2,1-3H3,(H3,21,22,23,24). The second-order valence-corrected chi connectivity index (χ2v) is 6.71. The molecule has 1 aliphatic rings. The molecule has 0 saturated carbocycles. The normalized spacial score (nSPS) is 18.5. The second-order valence-electron chi connectivity index (χ2n) is 6.71. The third kappa shape index (κ3) is 3.16. The fourth-order valence-electron chi connectivity index (χ4n) is 3.55. The molecule has 27 heavy (non-hydrogen) atoms. The Bertz CT molecular complexity index is 952. The number of methoxy groups -OCH3 is 2. The van der Waals surface area contributed by atoms with Crippen LogP contribution in [0.2, 0.25) is 0 Å². The third-order valence-corrected chi connectivity index (χ3v) is 4.98. The quantitative estimate of drug-likeness (QED) is 0.737. The molecule has 140 valence electrons. The highest BCUT2D eigenvalue weighted by molar-refractivity contribution is 5.47. The van der Waals surface area contributed by atoms with Crippen LogP contribution in [-0.2, 0) is 0 Å². The van der Waals surface area contributed by atoms with Crippen LogP contribution in [0.5, 0.6) is 11.5 Å². The summed E-state index contributed by atoms with van der Waals surface area (Å²) >= 11 is 0. The molecule has 0 aliphatic carbocycles. The van der Waals surface area contributed by atoms with Crippen LogP contribution in [0.25, 0.3) is 0 Å². The average molecular weight is 365 g/mol. The number of nitrogens with one attached hydrogen (secondary N) is 1. The number of rotatable bonds is 4. The molecule has 0 spiro atoms. The van der Waals surface area contributed by atoms with Crippen LogP contribution in [-0.4, -0.2) is 29.0 Å². The van der Waals surface area contributed by atoms with Crippen LogP contribution >= 0.6 is 0 Å². The molecule has 4 rings (SSSR count). The van der Waals surface area contributed by atoms with Gasteiger partial charge in [0.1, 0.15) is 0 Å². The number of nitrogens with zero attached hydrogens (tertiary/aromatic N) is 3. The summed E-state index contributed by atoms with van der Waals surface area (Å²) in [6.45, 7) is 2.09. The van der Waals surface area contributed by atoms with Crippen molar-refractivity contribution >= 4 is 11.9 Å². The van der Waals surface area contributed by atoms with Gasteiger partial charge in [0.25, 0.3) is 0 Å². The van der Waals surface area contributed by atoms with Gasteiger partial charge in [-0.2, -0.15) is 4.98 Å². The monoisotopic (exact) mass is 365 g/mol. The molecule has 0 saturated heterocycles. The first-order valence-corrected chi connectivity index (χ1v) is 8.86. The van der Waals surface area contributed by atoms with Gasteiger partial charge in [-0.3, -0.25) is 0 Å². The van der Waals surface area contributed by atoms with Crippen molar-refractivity contribution in [1.82, 2.24) is 14.8 Å². The van der Waals surface area contributed by atoms with Gasteiger partial charge in [-0.25, -0.2) is 4.68 Å². The van der Waals surface area contributed by atoms with E-state index in [1.807, 2.05) is 22.9 Å². The number of anilines is 2. The molecule has 0 bridgehead atoms. The SMILES string of the molecule is COc1ccc(C2CC(c3ccc(C)cc3)Nc3nc(N)nn32)cc1OC. The summed E-state index contributed by atoms with van der Waals surface area (Å²) < 4.78 is 12.7. The first-order chi connectivity index (χ1) is 13.1. The summed E-state index contributed by atoms with van der Waals surface area (Å²) in [4.78, 5) is 4.36. The van der Waals surface area contributed by atoms with E-state index >= 15 is 0 Å². The van der Waals surface area contributed by atoms with Crippen LogP contribution in [0.1, 0.15) is 35.2 Å². The van der Waals surface area contributed by atoms with E-state index in [0.29, 0.717) is 17.4 Å². The number of fused-ring (bicyclic) bond motifs is 1. The number of nitrogen functional groups attached to an aromatic ring is 1. The van der Waals surface area contributed by atoms with Crippen LogP contribution in [0.15, 0.2) is 42.5 Å². The van der Waals surface area contributed by atoms with E-state index in [0.717, 1.165) is 12.0 Å². The topological polar surface area (TPSA) is 87.2 Å². The molecule has 3 N–H and O–H groups in total. The van der Waals surface area contributed by atoms with Gasteiger partial charge in [-0.05, 0) is 36.6 Å². The summed E-state index contributed by atoms with van der Waals surface area (Å²) in [6, 6.07) is 14.6. The Balaban J connectivity index is 1.75. The van der Waals surface area contributed by atoms with Crippen molar-refractivity contribution in [2.45, 2.75) is 25.4 Å². The highest BCUT2D eigenvalue weighted by Gasteiger charge is 2.31. The Hall–Kier alpha value is -3.22. The number of benzene rings is 2. The Morgan fingerprint density at radius 3 is 2.44 bits per heavy atom. The zero-order chi connectivity index (χ0) is 19.0. The Morgan fingerprint density at radius 2 is 1.74 bits per heavy atom. The average Bonchev–Trinajstić information content (AvgIpc) is 3.07. The molecule has 0 fully saturated rings. The van der Waals surface area contributed by atoms with Gasteiger partial charge in [0.05, 0.1) is 26.3 Å². The number of aryl methyl sites for hydroxylation is 1. The van der Waals surface area contributed by atoms with Crippen molar-refractivity contribution in [3.8, 4) is 11.5 Å². The Morgan fingerprint density at radius 1 is 1.04 bits per heavy atom. The van der Waals surface area contributed by atoms with Gasteiger partial charge in [0.15, 0.2) is 11.5 Å². The molecule has 2 atom stereocenters. The lowest BCUT2D eigenvalue weighted by atomic mass is 9.93. The molecule has 2 aromatic carbocycles. The zero-order valence-electron chi connectivity index (χ0n) is 15.6. The van der Waals surface area contributed by atoms with Crippen LogP contribution in [0.3, 0.4) is 0 Å². The number of hydrogen-bond donors (Lipinski definition) is 2. The molecule has 7 nitrogen and oxygen atoms in total. The van der Waals surface area contributed by atoms with Gasteiger partial charge < -0.3 is 20.5 Å². The maximum atomic E-state index is 5.88. The zero-order valence-corrected chi connectivity index (χ0v) is 15.6. The van der Waals surface area contributed by atoms with E-state index in [1.54, 1.807) is 14.2 Å². The van der Waals surface area contributed by atoms with Crippen molar-refractivity contribution in [3.63, 3.8) is 0 Å². The summed E-state index contributed by atoms with van der Waals surface area (Å²) in [6.07, 6.45) is 0.814. The Labute approximate surface area is 158 Å². The van der Waals surface area contributed by atoms with E-state index in [4.69, 9.17) is 15.2 Å². The lowest BCUT2D eigenvalue weighted by Gasteiger charge is -2.32. The summed E-state index contributed by atoms with van der Waals surface area (Å²) in [5.74, 6) is 2.32. The molecule has 2 unspecified atom stereocenters. The lowest BCUT2D eigenvalue weighted by molar-refractivity contribution is 0.352. The minimum atomic E-state index is -0.0165. The van der Waals surface area contributed by atoms with Crippen LogP contribution < -0.4 is 20.5 Å². The number of nitrogens with two attached hydrogens (primary N) is 1. The van der Waals surface area contributed by atoms with Gasteiger partial charge in [0.2, 0.25) is 11.9 Å². The maximum Gasteiger partial charge on any atom is 0.241 e. The van der Waals surface area contributed by atoms with Gasteiger partial charge in [0, 0.05) is 0 Å². The van der Waals surface area contributed by atoms with E-state index < -0.39 is 0 Å². The fourth-order valence-corrected chi connectivity index (χ4v) is 3.55. The largest absolute Gasteiger partial charge is 0.493 e. The highest BCUT2D eigenvalue weighted by Crippen LogP contribution is 2.40. The van der Waals surface area contributed by atoms with Gasteiger partial charge >= 0.3 is 0 Å². The minimum Gasteiger partial charge on any atom is -0.493 e. The van der Waals surface area contributed by atoms with Crippen molar-refractivity contribution in [2.24, 2.45) is 0 Å². The molecule has 7 heteroatoms. The molecular formula is C20H23N5O2. The Kier molecular flexibility index (Phi) is 4.35. The molecule has 1 aromatic heterocycles. The number of aromatic nitrogens is 3. The summed E-state index contributed by atoms with van der Waals surface area (Å²) in [7, 11) is 3.27. The van der Waals surface area contributed by atoms with Crippen molar-refractivity contribution in [2.75, 3.05) is 25.3 Å². The highest BCUT2D eigenvalue weighted by atomic mass is 16.5. The second kappa shape index (κ2) is 6.83. The molecular weight excluding hydrogens is 342 g/mol. The third-order valence-electron chi connectivity index (χ3n) is 4.98. The molecule has 0 amide bonds. The molecule has 0 radical (unpaired) electrons. The van der Waals surface area contributed by atoms with Gasteiger partial charge in [-0.15, -0.1) is 5.10 Å². The fraction of sp³-hybridized carbons (Fsp3) is 0.300. The van der Waals surface area contributed by atoms with E-state index in [2.05, 4.69) is 46.6 Å². The van der Waals surface area contributed by atoms with Crippen molar-refractivity contribution < 1.29 is 9.47 Å². The number of ether oxygens (including phenoxy) is 2. The minimum absolute atomic E-state index is 0.0165. The molecule has 2 heterocycles. The molecule has 3 aromatic rings. The van der Waals surface area contributed by atoms with Crippen LogP contribution in [0, 0.1) is 6.92 Å². The van der Waals surface area contributed by atoms with Crippen molar-refractivity contribution in [3.05, 3.63) is 59.2 Å². The van der Waals surface area contributed by atoms with E-state index in [1.165, 1.54) is 11.1 Å².